The van der Waals surface area contributed by atoms with Gasteiger partial charge in [-0.1, -0.05) is 0 Å². The molecule has 0 unspecified atom stereocenters. The van der Waals surface area contributed by atoms with Gasteiger partial charge in [-0.25, -0.2) is 9.67 Å². The number of nitrogens with one attached hydrogen (secondary N) is 1. The average Bonchev–Trinajstić information content (AvgIpc) is 3.12. The normalized spacial score (nSPS) is 10.7. The van der Waals surface area contributed by atoms with Gasteiger partial charge in [0.1, 0.15) is 11.5 Å². The molecule has 0 bridgehead atoms. The van der Waals surface area contributed by atoms with Gasteiger partial charge in [0.25, 0.3) is 0 Å². The number of ether oxygens (including phenoxy) is 2. The van der Waals surface area contributed by atoms with E-state index >= 15 is 0 Å². The number of anilines is 2. The van der Waals surface area contributed by atoms with Crippen molar-refractivity contribution in [3.05, 3.63) is 60.9 Å². The van der Waals surface area contributed by atoms with Crippen molar-refractivity contribution in [1.82, 2.24) is 19.7 Å². The van der Waals surface area contributed by atoms with Crippen LogP contribution in [0.3, 0.4) is 0 Å². The summed E-state index contributed by atoms with van der Waals surface area (Å²) in [7, 11) is 3.28. The highest BCUT2D eigenvalue weighted by molar-refractivity contribution is 5.77. The Kier molecular flexibility index (Phi) is 4.10. The van der Waals surface area contributed by atoms with Gasteiger partial charge in [-0.05, 0) is 48.5 Å². The monoisotopic (exact) mass is 347 g/mol. The Morgan fingerprint density at radius 3 is 2.15 bits per heavy atom. The van der Waals surface area contributed by atoms with E-state index in [2.05, 4.69) is 20.4 Å². The number of hydrogen-bond donors (Lipinski definition) is 1. The first kappa shape index (κ1) is 15.9. The quantitative estimate of drug-likeness (QED) is 0.595. The number of aromatic nitrogens is 4. The lowest BCUT2D eigenvalue weighted by Crippen LogP contribution is -2.01. The first-order chi connectivity index (χ1) is 12.8. The van der Waals surface area contributed by atoms with Crippen LogP contribution in [0, 0.1) is 0 Å². The maximum atomic E-state index is 5.20. The van der Waals surface area contributed by atoms with Gasteiger partial charge in [-0.3, -0.25) is 0 Å². The van der Waals surface area contributed by atoms with Crippen molar-refractivity contribution in [2.45, 2.75) is 0 Å². The van der Waals surface area contributed by atoms with Gasteiger partial charge in [0.15, 0.2) is 5.65 Å². The lowest BCUT2D eigenvalue weighted by atomic mass is 10.3. The van der Waals surface area contributed by atoms with Crippen molar-refractivity contribution < 1.29 is 9.47 Å². The highest BCUT2D eigenvalue weighted by atomic mass is 16.5. The summed E-state index contributed by atoms with van der Waals surface area (Å²) < 4.78 is 12.1. The molecule has 4 rings (SSSR count). The van der Waals surface area contributed by atoms with Crippen molar-refractivity contribution in [1.29, 1.82) is 0 Å². The predicted octanol–water partition coefficient (Wildman–Crippen LogP) is 3.58. The zero-order valence-corrected chi connectivity index (χ0v) is 14.4. The molecule has 26 heavy (non-hydrogen) atoms. The van der Waals surface area contributed by atoms with Gasteiger partial charge in [0.05, 0.1) is 31.5 Å². The number of hydrogen-bond acceptors (Lipinski definition) is 6. The van der Waals surface area contributed by atoms with E-state index in [1.165, 1.54) is 0 Å². The molecule has 0 fully saturated rings. The van der Waals surface area contributed by atoms with Crippen LogP contribution >= 0.6 is 0 Å². The molecule has 0 aliphatic rings. The summed E-state index contributed by atoms with van der Waals surface area (Å²) in [6, 6.07) is 15.2. The second kappa shape index (κ2) is 6.72. The predicted molar refractivity (Wildman–Crippen MR) is 99.5 cm³/mol. The van der Waals surface area contributed by atoms with Gasteiger partial charge >= 0.3 is 0 Å². The molecule has 130 valence electrons. The molecule has 7 nitrogen and oxygen atoms in total. The van der Waals surface area contributed by atoms with E-state index in [4.69, 9.17) is 9.47 Å². The van der Waals surface area contributed by atoms with Crippen LogP contribution in [0.15, 0.2) is 60.9 Å². The molecular formula is C19H17N5O2. The fraction of sp³-hybridized carbons (Fsp3) is 0.105. The molecule has 2 aromatic carbocycles. The first-order valence-electron chi connectivity index (χ1n) is 8.03. The minimum atomic E-state index is 0.498. The van der Waals surface area contributed by atoms with Gasteiger partial charge in [-0.15, -0.1) is 0 Å². The molecule has 0 radical (unpaired) electrons. The fourth-order valence-corrected chi connectivity index (χ4v) is 2.59. The van der Waals surface area contributed by atoms with E-state index in [1.807, 2.05) is 48.5 Å². The molecule has 0 spiro atoms. The van der Waals surface area contributed by atoms with Crippen LogP contribution in [0.1, 0.15) is 0 Å². The molecule has 0 atom stereocenters. The van der Waals surface area contributed by atoms with E-state index in [-0.39, 0.29) is 0 Å². The van der Waals surface area contributed by atoms with Crippen LogP contribution < -0.4 is 14.8 Å². The Hall–Kier alpha value is -3.61. The van der Waals surface area contributed by atoms with E-state index in [0.29, 0.717) is 5.95 Å². The number of fused-ring (bicyclic) bond motifs is 1. The SMILES string of the molecule is COc1ccc(Nc2ncc3cnn(-c4ccc(OC)cc4)c3n2)cc1. The second-order valence-corrected chi connectivity index (χ2v) is 5.58. The Labute approximate surface area is 150 Å². The highest BCUT2D eigenvalue weighted by Crippen LogP contribution is 2.22. The lowest BCUT2D eigenvalue weighted by Gasteiger charge is -2.07. The highest BCUT2D eigenvalue weighted by Gasteiger charge is 2.09. The molecule has 7 heteroatoms. The third-order valence-electron chi connectivity index (χ3n) is 3.97. The summed E-state index contributed by atoms with van der Waals surface area (Å²) in [6.45, 7) is 0. The number of nitrogens with zero attached hydrogens (tertiary/aromatic N) is 4. The molecule has 2 heterocycles. The molecular weight excluding hydrogens is 330 g/mol. The smallest absolute Gasteiger partial charge is 0.229 e. The first-order valence-corrected chi connectivity index (χ1v) is 8.03. The standard InChI is InChI=1S/C19H17N5O2/c1-25-16-7-3-14(4-8-16)22-19-20-11-13-12-21-24(18(13)23-19)15-5-9-17(26-2)10-6-15/h3-12H,1-2H3,(H,20,22,23). The molecule has 0 amide bonds. The topological polar surface area (TPSA) is 74.1 Å². The van der Waals surface area contributed by atoms with E-state index < -0.39 is 0 Å². The summed E-state index contributed by atoms with van der Waals surface area (Å²) in [4.78, 5) is 8.96. The number of rotatable bonds is 5. The minimum absolute atomic E-state index is 0.498. The molecule has 0 aliphatic carbocycles. The maximum absolute atomic E-state index is 5.20. The largest absolute Gasteiger partial charge is 0.497 e. The lowest BCUT2D eigenvalue weighted by molar-refractivity contribution is 0.414. The van der Waals surface area contributed by atoms with Crippen LogP contribution in [0.4, 0.5) is 11.6 Å². The van der Waals surface area contributed by atoms with E-state index in [9.17, 15) is 0 Å². The summed E-state index contributed by atoms with van der Waals surface area (Å²) in [5, 5.41) is 8.48. The fourth-order valence-electron chi connectivity index (χ4n) is 2.59. The Morgan fingerprint density at radius 2 is 1.50 bits per heavy atom. The zero-order valence-electron chi connectivity index (χ0n) is 14.4. The Morgan fingerprint density at radius 1 is 0.846 bits per heavy atom. The van der Waals surface area contributed by atoms with Crippen LogP contribution in [0.5, 0.6) is 11.5 Å². The van der Waals surface area contributed by atoms with Crippen LogP contribution in [-0.4, -0.2) is 34.0 Å². The number of methoxy groups -OCH3 is 2. The average molecular weight is 347 g/mol. The summed E-state index contributed by atoms with van der Waals surface area (Å²) >= 11 is 0. The van der Waals surface area contributed by atoms with E-state index in [0.717, 1.165) is 33.9 Å². The van der Waals surface area contributed by atoms with Gasteiger partial charge in [0.2, 0.25) is 5.95 Å². The summed E-state index contributed by atoms with van der Waals surface area (Å²) in [5.41, 5.74) is 2.50. The van der Waals surface area contributed by atoms with Crippen molar-refractivity contribution in [3.63, 3.8) is 0 Å². The van der Waals surface area contributed by atoms with Crippen LogP contribution in [0.2, 0.25) is 0 Å². The van der Waals surface area contributed by atoms with Gasteiger partial charge in [0, 0.05) is 11.9 Å². The van der Waals surface area contributed by atoms with Crippen LogP contribution in [0.25, 0.3) is 16.7 Å². The number of benzene rings is 2. The van der Waals surface area contributed by atoms with Crippen molar-refractivity contribution in [3.8, 4) is 17.2 Å². The Bertz CT molecular complexity index is 1030. The summed E-state index contributed by atoms with van der Waals surface area (Å²) in [5.74, 6) is 2.09. The molecule has 2 aromatic heterocycles. The van der Waals surface area contributed by atoms with Crippen molar-refractivity contribution in [2.24, 2.45) is 0 Å². The van der Waals surface area contributed by atoms with Crippen molar-refractivity contribution >= 4 is 22.7 Å². The van der Waals surface area contributed by atoms with Crippen LogP contribution in [-0.2, 0) is 0 Å². The summed E-state index contributed by atoms with van der Waals surface area (Å²) in [6.07, 6.45) is 3.50. The van der Waals surface area contributed by atoms with Gasteiger partial charge in [-0.2, -0.15) is 10.1 Å². The van der Waals surface area contributed by atoms with Crippen molar-refractivity contribution in [2.75, 3.05) is 19.5 Å². The third-order valence-corrected chi connectivity index (χ3v) is 3.97. The van der Waals surface area contributed by atoms with Gasteiger partial charge < -0.3 is 14.8 Å². The maximum Gasteiger partial charge on any atom is 0.229 e. The Balaban J connectivity index is 1.67. The molecule has 0 saturated heterocycles. The van der Waals surface area contributed by atoms with E-state index in [1.54, 1.807) is 31.3 Å². The minimum Gasteiger partial charge on any atom is -0.497 e. The molecule has 1 N–H and O–H groups in total. The molecule has 0 saturated carbocycles. The third kappa shape index (κ3) is 3.02. The second-order valence-electron chi connectivity index (χ2n) is 5.58. The molecule has 0 aliphatic heterocycles. The molecule has 4 aromatic rings. The zero-order chi connectivity index (χ0) is 17.9.